The molecule has 0 aliphatic carbocycles. The number of halogens is 1. The molecule has 0 amide bonds. The molecule has 2 aliphatic rings. The highest BCUT2D eigenvalue weighted by molar-refractivity contribution is 5.10. The van der Waals surface area contributed by atoms with Gasteiger partial charge in [-0.15, -0.1) is 0 Å². The molecule has 0 spiro atoms. The number of quaternary nitrogens is 1. The molecule has 0 N–H and O–H groups in total. The molecule has 2 rings (SSSR count). The number of fused-ring (bicyclic) bond motifs is 2. The van der Waals surface area contributed by atoms with Gasteiger partial charge in [-0.3, -0.25) is 0 Å². The Labute approximate surface area is 199 Å². The fourth-order valence-electron chi connectivity index (χ4n) is 6.12. The van der Waals surface area contributed by atoms with Gasteiger partial charge in [0.15, 0.2) is 5.54 Å². The van der Waals surface area contributed by atoms with Crippen LogP contribution in [0.2, 0.25) is 0 Å². The van der Waals surface area contributed by atoms with Crippen molar-refractivity contribution in [2.75, 3.05) is 13.6 Å². The van der Waals surface area contributed by atoms with Crippen molar-refractivity contribution in [3.05, 3.63) is 0 Å². The molecule has 1 atom stereocenters. The zero-order valence-electron chi connectivity index (χ0n) is 19.7. The van der Waals surface area contributed by atoms with Crippen molar-refractivity contribution in [3.8, 4) is 6.07 Å². The summed E-state index contributed by atoms with van der Waals surface area (Å²) in [5.74, 6) is 0. The lowest BCUT2D eigenvalue weighted by Gasteiger charge is -2.40. The number of rotatable bonds is 17. The van der Waals surface area contributed by atoms with Crippen LogP contribution in [0.25, 0.3) is 0 Å². The molecule has 2 fully saturated rings. The van der Waals surface area contributed by atoms with Crippen LogP contribution in [0, 0.1) is 11.3 Å². The maximum atomic E-state index is 9.75. The largest absolute Gasteiger partial charge is 1.00 e. The Bertz CT molecular complexity index is 450. The molecule has 170 valence electrons. The van der Waals surface area contributed by atoms with Crippen molar-refractivity contribution in [2.24, 2.45) is 0 Å². The molecule has 2 aliphatic heterocycles. The maximum absolute atomic E-state index is 9.75. The predicted molar refractivity (Wildman–Crippen MR) is 121 cm³/mol. The highest BCUT2D eigenvalue weighted by Gasteiger charge is 2.62. The second kappa shape index (κ2) is 15.1. The van der Waals surface area contributed by atoms with Crippen LogP contribution in [-0.2, 0) is 0 Å². The zero-order valence-corrected chi connectivity index (χ0v) is 21.9. The summed E-state index contributed by atoms with van der Waals surface area (Å²) >= 11 is 0. The first-order chi connectivity index (χ1) is 13.7. The van der Waals surface area contributed by atoms with Gasteiger partial charge in [0, 0.05) is 25.7 Å². The van der Waals surface area contributed by atoms with E-state index in [2.05, 4.69) is 20.0 Å². The van der Waals surface area contributed by atoms with E-state index >= 15 is 0 Å². The van der Waals surface area contributed by atoms with Crippen LogP contribution >= 0.6 is 0 Å². The third-order valence-electron chi connectivity index (χ3n) is 8.25. The van der Waals surface area contributed by atoms with E-state index in [0.29, 0.717) is 0 Å². The molecule has 29 heavy (non-hydrogen) atoms. The van der Waals surface area contributed by atoms with E-state index in [1.165, 1.54) is 122 Å². The maximum Gasteiger partial charge on any atom is 0.186 e. The highest BCUT2D eigenvalue weighted by Crippen LogP contribution is 2.51. The molecule has 2 saturated heterocycles. The van der Waals surface area contributed by atoms with Gasteiger partial charge in [-0.2, -0.15) is 5.26 Å². The molecule has 3 heteroatoms. The molecule has 0 radical (unpaired) electrons. The minimum Gasteiger partial charge on any atom is -1.00 e. The van der Waals surface area contributed by atoms with Gasteiger partial charge < -0.3 is 28.5 Å². The lowest BCUT2D eigenvalue weighted by atomic mass is 9.89. The van der Waals surface area contributed by atoms with Crippen LogP contribution in [0.5, 0.6) is 0 Å². The van der Waals surface area contributed by atoms with E-state index in [1.54, 1.807) is 0 Å². The molecular weight excluding hydrogens is 467 g/mol. The normalized spacial score (nSPS) is 27.7. The van der Waals surface area contributed by atoms with Crippen LogP contribution in [0.3, 0.4) is 0 Å². The fourth-order valence-corrected chi connectivity index (χ4v) is 6.12. The Morgan fingerprint density at radius 1 is 0.724 bits per heavy atom. The summed E-state index contributed by atoms with van der Waals surface area (Å²) in [5, 5.41) is 9.75. The molecule has 2 heterocycles. The van der Waals surface area contributed by atoms with Gasteiger partial charge in [-0.05, 0) is 12.8 Å². The highest BCUT2D eigenvalue weighted by atomic mass is 127. The second-order valence-corrected chi connectivity index (χ2v) is 10.2. The van der Waals surface area contributed by atoms with E-state index in [0.717, 1.165) is 23.4 Å². The monoisotopic (exact) mass is 516 g/mol. The van der Waals surface area contributed by atoms with Gasteiger partial charge >= 0.3 is 0 Å². The van der Waals surface area contributed by atoms with Crippen molar-refractivity contribution < 1.29 is 28.5 Å². The predicted octanol–water partition coefficient (Wildman–Crippen LogP) is 4.92. The van der Waals surface area contributed by atoms with E-state index in [9.17, 15) is 5.26 Å². The Kier molecular flexibility index (Phi) is 14.1. The minimum atomic E-state index is -0.0137. The average Bonchev–Trinajstić information content (AvgIpc) is 3.15. The molecule has 0 aromatic heterocycles. The summed E-state index contributed by atoms with van der Waals surface area (Å²) in [6.07, 6.45) is 27.8. The molecule has 0 aromatic rings. The van der Waals surface area contributed by atoms with Crippen LogP contribution in [0.1, 0.15) is 135 Å². The van der Waals surface area contributed by atoms with Gasteiger partial charge in [0.1, 0.15) is 6.07 Å². The van der Waals surface area contributed by atoms with Gasteiger partial charge in [-0.25, -0.2) is 0 Å². The van der Waals surface area contributed by atoms with Crippen molar-refractivity contribution in [1.82, 2.24) is 0 Å². The van der Waals surface area contributed by atoms with Crippen LogP contribution in [0.4, 0.5) is 0 Å². The fraction of sp³-hybridized carbons (Fsp3) is 0.962. The number of nitrogens with zero attached hydrogens (tertiary/aromatic N) is 2. The van der Waals surface area contributed by atoms with Gasteiger partial charge in [-0.1, -0.05) is 96.8 Å². The lowest BCUT2D eigenvalue weighted by molar-refractivity contribution is -0.946. The first-order valence-electron chi connectivity index (χ1n) is 12.9. The summed E-state index contributed by atoms with van der Waals surface area (Å²) in [7, 11) is 2.39. The van der Waals surface area contributed by atoms with E-state index in [4.69, 9.17) is 0 Å². The van der Waals surface area contributed by atoms with Gasteiger partial charge in [0.05, 0.1) is 19.6 Å². The van der Waals surface area contributed by atoms with Crippen LogP contribution in [-0.4, -0.2) is 29.7 Å². The third kappa shape index (κ3) is 7.99. The molecule has 2 nitrogen and oxygen atoms in total. The third-order valence-corrected chi connectivity index (χ3v) is 8.25. The Morgan fingerprint density at radius 3 is 1.48 bits per heavy atom. The van der Waals surface area contributed by atoms with E-state index < -0.39 is 0 Å². The summed E-state index contributed by atoms with van der Waals surface area (Å²) < 4.78 is 1.09. The van der Waals surface area contributed by atoms with Gasteiger partial charge in [0.25, 0.3) is 0 Å². The summed E-state index contributed by atoms with van der Waals surface area (Å²) in [6.45, 7) is 3.54. The molecular formula is C26H49IN2. The summed E-state index contributed by atoms with van der Waals surface area (Å²) in [5.41, 5.74) is -0.0137. The SMILES string of the molecule is CCCCCCCCCCCCCCCCCC[N+]1(C)C2CCC1(C#N)CC2.[I-]. The zero-order chi connectivity index (χ0) is 20.1. The van der Waals surface area contributed by atoms with Crippen LogP contribution < -0.4 is 24.0 Å². The summed E-state index contributed by atoms with van der Waals surface area (Å²) in [4.78, 5) is 0. The number of hydrogen-bond acceptors (Lipinski definition) is 1. The molecule has 0 saturated carbocycles. The summed E-state index contributed by atoms with van der Waals surface area (Å²) in [6, 6.07) is 3.52. The quantitative estimate of drug-likeness (QED) is 0.153. The average molecular weight is 517 g/mol. The minimum absolute atomic E-state index is 0. The van der Waals surface area contributed by atoms with Crippen molar-refractivity contribution in [1.29, 1.82) is 5.26 Å². The standard InChI is InChI=1S/C26H49N2.HI/c1-3-4-5-6-7-8-9-10-11-12-13-14-15-16-17-18-23-28(2)25-19-21-26(28,24-27)22-20-25;/h25H,3-23H2,1-2H3;1H/q+1;/p-1. The number of hydrogen-bond donors (Lipinski definition) is 0. The van der Waals surface area contributed by atoms with E-state index in [-0.39, 0.29) is 29.5 Å². The number of unbranched alkanes of at least 4 members (excludes halogenated alkanes) is 15. The van der Waals surface area contributed by atoms with Gasteiger partial charge in [0.2, 0.25) is 0 Å². The Morgan fingerprint density at radius 2 is 1.10 bits per heavy atom. The Hall–Kier alpha value is 0.180. The molecule has 2 bridgehead atoms. The first kappa shape index (κ1) is 27.2. The Balaban J connectivity index is 0.00000420. The van der Waals surface area contributed by atoms with E-state index in [1.807, 2.05) is 0 Å². The molecule has 1 unspecified atom stereocenters. The first-order valence-corrected chi connectivity index (χ1v) is 12.9. The smallest absolute Gasteiger partial charge is 0.186 e. The lowest BCUT2D eigenvalue weighted by Crippen LogP contribution is -3.00. The second-order valence-electron chi connectivity index (χ2n) is 10.2. The number of nitriles is 1. The van der Waals surface area contributed by atoms with Crippen molar-refractivity contribution in [2.45, 2.75) is 147 Å². The van der Waals surface area contributed by atoms with Crippen molar-refractivity contribution in [3.63, 3.8) is 0 Å². The topological polar surface area (TPSA) is 23.8 Å². The molecule has 0 aromatic carbocycles. The van der Waals surface area contributed by atoms with Crippen molar-refractivity contribution >= 4 is 0 Å². The van der Waals surface area contributed by atoms with Crippen LogP contribution in [0.15, 0.2) is 0 Å².